The Labute approximate surface area is 116 Å². The summed E-state index contributed by atoms with van der Waals surface area (Å²) < 4.78 is 25.8. The molecule has 3 N–H and O–H groups in total. The smallest absolute Gasteiger partial charge is 0.336 e. The minimum Gasteiger partial charge on any atom is -0.479 e. The Morgan fingerprint density at radius 3 is 2.15 bits per heavy atom. The van der Waals surface area contributed by atoms with Crippen molar-refractivity contribution in [3.05, 3.63) is 29.8 Å². The fourth-order valence-electron chi connectivity index (χ4n) is 1.26. The van der Waals surface area contributed by atoms with Crippen molar-refractivity contribution in [3.63, 3.8) is 0 Å². The summed E-state index contributed by atoms with van der Waals surface area (Å²) in [4.78, 5) is 21.6. The van der Waals surface area contributed by atoms with Gasteiger partial charge in [-0.25, -0.2) is 17.9 Å². The number of hydrogen-bond donors (Lipinski definition) is 3. The quantitative estimate of drug-likeness (QED) is 0.636. The highest BCUT2D eigenvalue weighted by Crippen LogP contribution is 2.12. The van der Waals surface area contributed by atoms with E-state index in [1.54, 1.807) is 0 Å². The third-order valence-corrected chi connectivity index (χ3v) is 4.06. The lowest BCUT2D eigenvalue weighted by Crippen LogP contribution is -2.46. The van der Waals surface area contributed by atoms with Gasteiger partial charge in [0.1, 0.15) is 0 Å². The molecule has 0 saturated carbocycles. The van der Waals surface area contributed by atoms with E-state index >= 15 is 0 Å². The van der Waals surface area contributed by atoms with E-state index in [1.807, 2.05) is 4.72 Å². The van der Waals surface area contributed by atoms with Crippen LogP contribution in [0.2, 0.25) is 0 Å². The van der Waals surface area contributed by atoms with Crippen LogP contribution >= 0.6 is 0 Å². The number of rotatable bonds is 6. The van der Waals surface area contributed by atoms with E-state index in [0.717, 1.165) is 6.92 Å². The number of benzene rings is 1. The number of carbonyl (C=O) groups is 2. The number of nitrogens with one attached hydrogen (secondary N) is 1. The number of aliphatic carboxylic acids is 1. The predicted molar refractivity (Wildman–Crippen MR) is 69.9 cm³/mol. The maximum atomic E-state index is 11.9. The normalized spacial score (nSPS) is 14.6. The van der Waals surface area contributed by atoms with E-state index in [0.29, 0.717) is 5.56 Å². The van der Waals surface area contributed by atoms with E-state index in [9.17, 15) is 23.1 Å². The topological polar surface area (TPSA) is 121 Å². The monoisotopic (exact) mass is 301 g/mol. The number of sulfonamides is 1. The van der Waals surface area contributed by atoms with Crippen LogP contribution < -0.4 is 4.72 Å². The van der Waals surface area contributed by atoms with Crippen LogP contribution in [-0.4, -0.2) is 42.5 Å². The Morgan fingerprint density at radius 1 is 1.25 bits per heavy atom. The van der Waals surface area contributed by atoms with Gasteiger partial charge in [0.2, 0.25) is 10.0 Å². The van der Waals surface area contributed by atoms with Gasteiger partial charge in [-0.3, -0.25) is 4.79 Å². The molecule has 8 heteroatoms. The van der Waals surface area contributed by atoms with Crippen molar-refractivity contribution < 1.29 is 28.2 Å². The number of ketones is 1. The van der Waals surface area contributed by atoms with Gasteiger partial charge in [0.25, 0.3) is 0 Å². The van der Waals surface area contributed by atoms with E-state index < -0.39 is 28.1 Å². The van der Waals surface area contributed by atoms with Crippen molar-refractivity contribution in [1.82, 2.24) is 4.72 Å². The minimum absolute atomic E-state index is 0.122. The molecule has 110 valence electrons. The number of carbonyl (C=O) groups excluding carboxylic acids is 1. The van der Waals surface area contributed by atoms with E-state index in [2.05, 4.69) is 0 Å². The summed E-state index contributed by atoms with van der Waals surface area (Å²) in [5.41, 5.74) is -1.84. The molecular weight excluding hydrogens is 286 g/mol. The Kier molecular flexibility index (Phi) is 4.64. The summed E-state index contributed by atoms with van der Waals surface area (Å²) in [5.74, 6) is -1.73. The Balaban J connectivity index is 2.89. The lowest BCUT2D eigenvalue weighted by Gasteiger charge is -2.18. The average Bonchev–Trinajstić information content (AvgIpc) is 2.36. The highest BCUT2D eigenvalue weighted by Gasteiger charge is 2.31. The first-order valence-electron chi connectivity index (χ1n) is 5.63. The van der Waals surface area contributed by atoms with Gasteiger partial charge in [0, 0.05) is 5.56 Å². The largest absolute Gasteiger partial charge is 0.479 e. The fourth-order valence-corrected chi connectivity index (χ4v) is 2.40. The molecule has 20 heavy (non-hydrogen) atoms. The van der Waals surface area contributed by atoms with Gasteiger partial charge in [-0.15, -0.1) is 0 Å². The average molecular weight is 301 g/mol. The summed E-state index contributed by atoms with van der Waals surface area (Å²) in [6.45, 7) is 1.67. The fraction of sp³-hybridized carbons (Fsp3) is 0.333. The van der Waals surface area contributed by atoms with Crippen LogP contribution in [-0.2, 0) is 14.8 Å². The van der Waals surface area contributed by atoms with Crippen LogP contribution in [0.3, 0.4) is 0 Å². The van der Waals surface area contributed by atoms with Crippen molar-refractivity contribution in [2.75, 3.05) is 6.54 Å². The Bertz CT molecular complexity index is 618. The van der Waals surface area contributed by atoms with Crippen molar-refractivity contribution in [3.8, 4) is 0 Å². The highest BCUT2D eigenvalue weighted by atomic mass is 32.2. The van der Waals surface area contributed by atoms with E-state index in [4.69, 9.17) is 5.11 Å². The summed E-state index contributed by atoms with van der Waals surface area (Å²) in [6.07, 6.45) is 0. The Morgan fingerprint density at radius 2 is 1.75 bits per heavy atom. The van der Waals surface area contributed by atoms with Crippen molar-refractivity contribution in [2.24, 2.45) is 0 Å². The van der Waals surface area contributed by atoms with Crippen LogP contribution in [0.5, 0.6) is 0 Å². The molecule has 0 aliphatic rings. The van der Waals surface area contributed by atoms with Crippen LogP contribution in [0.4, 0.5) is 0 Å². The highest BCUT2D eigenvalue weighted by molar-refractivity contribution is 7.89. The molecule has 7 nitrogen and oxygen atoms in total. The second-order valence-electron chi connectivity index (χ2n) is 4.48. The van der Waals surface area contributed by atoms with Crippen molar-refractivity contribution in [2.45, 2.75) is 24.3 Å². The molecule has 0 amide bonds. The second-order valence-corrected chi connectivity index (χ2v) is 6.25. The molecule has 0 radical (unpaired) electrons. The first-order valence-corrected chi connectivity index (χ1v) is 7.11. The zero-order chi connectivity index (χ0) is 15.6. The summed E-state index contributed by atoms with van der Waals surface area (Å²) in [7, 11) is -3.95. The molecule has 1 rings (SSSR count). The minimum atomic E-state index is -3.95. The standard InChI is InChI=1S/C12H15NO6S/c1-8(14)9-3-5-10(6-4-9)20(18,19)13-7-12(2,17)11(15)16/h3-6,13,17H,7H2,1-2H3,(H,15,16). The van der Waals surface area contributed by atoms with Crippen LogP contribution in [0.15, 0.2) is 29.2 Å². The lowest BCUT2D eigenvalue weighted by atomic mass is 10.1. The van der Waals surface area contributed by atoms with Crippen LogP contribution in [0.1, 0.15) is 24.2 Å². The maximum Gasteiger partial charge on any atom is 0.336 e. The molecule has 0 aliphatic heterocycles. The maximum absolute atomic E-state index is 11.9. The molecule has 0 heterocycles. The first kappa shape index (κ1) is 16.3. The van der Waals surface area contributed by atoms with E-state index in [-0.39, 0.29) is 10.7 Å². The molecule has 1 aromatic carbocycles. The van der Waals surface area contributed by atoms with Gasteiger partial charge in [-0.2, -0.15) is 0 Å². The number of carboxylic acids is 1. The molecule has 1 unspecified atom stereocenters. The Hall–Kier alpha value is -1.77. The third kappa shape index (κ3) is 3.86. The van der Waals surface area contributed by atoms with Crippen molar-refractivity contribution in [1.29, 1.82) is 0 Å². The SMILES string of the molecule is CC(=O)c1ccc(S(=O)(=O)NCC(C)(O)C(=O)O)cc1. The summed E-state index contributed by atoms with van der Waals surface area (Å²) in [6, 6.07) is 5.17. The lowest BCUT2D eigenvalue weighted by molar-refractivity contribution is -0.155. The molecule has 1 aromatic rings. The van der Waals surface area contributed by atoms with Gasteiger partial charge >= 0.3 is 5.97 Å². The van der Waals surface area contributed by atoms with Gasteiger partial charge in [-0.05, 0) is 26.0 Å². The molecular formula is C12H15NO6S. The van der Waals surface area contributed by atoms with Crippen LogP contribution in [0.25, 0.3) is 0 Å². The number of aliphatic hydroxyl groups is 1. The molecule has 0 saturated heterocycles. The molecule has 1 atom stereocenters. The molecule has 0 bridgehead atoms. The zero-order valence-electron chi connectivity index (χ0n) is 11.0. The van der Waals surface area contributed by atoms with Gasteiger partial charge in [0.05, 0.1) is 11.4 Å². The molecule has 0 aliphatic carbocycles. The number of Topliss-reactive ketones (excluding diaryl/α,β-unsaturated/α-hetero) is 1. The van der Waals surface area contributed by atoms with E-state index in [1.165, 1.54) is 31.2 Å². The number of carboxylic acid groups (broad SMARTS) is 1. The molecule has 0 aromatic heterocycles. The third-order valence-electron chi connectivity index (χ3n) is 2.64. The second kappa shape index (κ2) is 5.70. The van der Waals surface area contributed by atoms with Gasteiger partial charge in [-0.1, -0.05) is 12.1 Å². The van der Waals surface area contributed by atoms with Gasteiger partial charge in [0.15, 0.2) is 11.4 Å². The molecule has 0 spiro atoms. The van der Waals surface area contributed by atoms with Crippen molar-refractivity contribution >= 4 is 21.8 Å². The van der Waals surface area contributed by atoms with Gasteiger partial charge < -0.3 is 10.2 Å². The van der Waals surface area contributed by atoms with Crippen LogP contribution in [0, 0.1) is 0 Å². The summed E-state index contributed by atoms with van der Waals surface area (Å²) >= 11 is 0. The summed E-state index contributed by atoms with van der Waals surface area (Å²) in [5, 5.41) is 18.1. The number of hydrogen-bond acceptors (Lipinski definition) is 5. The predicted octanol–water partition coefficient (Wildman–Crippen LogP) is 0.00310. The first-order chi connectivity index (χ1) is 9.06. The molecule has 0 fully saturated rings. The zero-order valence-corrected chi connectivity index (χ0v) is 11.8.